The Kier molecular flexibility index (Phi) is 3.48. The van der Waals surface area contributed by atoms with E-state index in [-0.39, 0.29) is 6.03 Å². The van der Waals surface area contributed by atoms with Crippen molar-refractivity contribution in [1.82, 2.24) is 5.48 Å². The Morgan fingerprint density at radius 2 is 1.93 bits per heavy atom. The Labute approximate surface area is 83.4 Å². The van der Waals surface area contributed by atoms with Crippen LogP contribution in [-0.2, 0) is 4.84 Å². The molecule has 14 heavy (non-hydrogen) atoms. The molecule has 0 aromatic heterocycles. The average Bonchev–Trinajstić information content (AvgIpc) is 2.18. The van der Waals surface area contributed by atoms with E-state index < -0.39 is 0 Å². The Morgan fingerprint density at radius 1 is 1.36 bits per heavy atom. The van der Waals surface area contributed by atoms with Crippen molar-refractivity contribution in [3.63, 3.8) is 0 Å². The van der Waals surface area contributed by atoms with Gasteiger partial charge in [0.05, 0.1) is 7.11 Å². The van der Waals surface area contributed by atoms with E-state index in [1.807, 2.05) is 31.2 Å². The van der Waals surface area contributed by atoms with Crippen molar-refractivity contribution in [1.29, 1.82) is 0 Å². The zero-order valence-electron chi connectivity index (χ0n) is 8.57. The number of nitrogens with one attached hydrogen (secondary N) is 1. The van der Waals surface area contributed by atoms with Crippen LogP contribution in [0.2, 0.25) is 0 Å². The maximum absolute atomic E-state index is 11.3. The van der Waals surface area contributed by atoms with E-state index in [2.05, 4.69) is 10.3 Å². The molecule has 0 radical (unpaired) electrons. The van der Waals surface area contributed by atoms with Crippen LogP contribution in [0.25, 0.3) is 0 Å². The van der Waals surface area contributed by atoms with Crippen molar-refractivity contribution in [2.24, 2.45) is 0 Å². The number of anilines is 1. The van der Waals surface area contributed by atoms with Crippen LogP contribution in [0.1, 0.15) is 5.56 Å². The molecule has 0 aliphatic rings. The van der Waals surface area contributed by atoms with Crippen LogP contribution >= 0.6 is 0 Å². The van der Waals surface area contributed by atoms with Crippen molar-refractivity contribution in [3.05, 3.63) is 29.8 Å². The van der Waals surface area contributed by atoms with E-state index in [1.54, 1.807) is 7.05 Å². The lowest BCUT2D eigenvalue weighted by molar-refractivity contribution is 0.111. The number of amides is 2. The summed E-state index contributed by atoms with van der Waals surface area (Å²) >= 11 is 0. The van der Waals surface area contributed by atoms with Crippen LogP contribution < -0.4 is 10.4 Å². The molecular weight excluding hydrogens is 180 g/mol. The van der Waals surface area contributed by atoms with Gasteiger partial charge in [-0.2, -0.15) is 0 Å². The van der Waals surface area contributed by atoms with E-state index in [0.717, 1.165) is 11.3 Å². The number of urea groups is 1. The summed E-state index contributed by atoms with van der Waals surface area (Å²) in [4.78, 5) is 17.3. The van der Waals surface area contributed by atoms with Crippen LogP contribution in [-0.4, -0.2) is 20.2 Å². The Hall–Kier alpha value is -1.55. The number of hydrogen-bond donors (Lipinski definition) is 1. The Bertz CT molecular complexity index is 308. The fraction of sp³-hybridized carbons (Fsp3) is 0.300. The van der Waals surface area contributed by atoms with Crippen LogP contribution in [0, 0.1) is 6.92 Å². The summed E-state index contributed by atoms with van der Waals surface area (Å²) in [5.74, 6) is 0. The maximum atomic E-state index is 11.3. The van der Waals surface area contributed by atoms with Crippen LogP contribution in [0.15, 0.2) is 24.3 Å². The molecule has 0 unspecified atom stereocenters. The second-order valence-corrected chi connectivity index (χ2v) is 3.01. The number of hydroxylamine groups is 1. The van der Waals surface area contributed by atoms with E-state index in [0.29, 0.717) is 0 Å². The number of nitrogens with zero attached hydrogens (tertiary/aromatic N) is 1. The number of hydrogen-bond acceptors (Lipinski definition) is 2. The van der Waals surface area contributed by atoms with Gasteiger partial charge in [-0.15, -0.1) is 0 Å². The third-order valence-electron chi connectivity index (χ3n) is 1.92. The molecule has 0 spiro atoms. The minimum atomic E-state index is -0.295. The molecule has 1 N–H and O–H groups in total. The predicted octanol–water partition coefficient (Wildman–Crippen LogP) is 1.70. The summed E-state index contributed by atoms with van der Waals surface area (Å²) in [7, 11) is 3.08. The summed E-state index contributed by atoms with van der Waals surface area (Å²) in [5, 5.41) is 0. The van der Waals surface area contributed by atoms with E-state index in [9.17, 15) is 4.79 Å². The first-order valence-electron chi connectivity index (χ1n) is 4.28. The normalized spacial score (nSPS) is 9.64. The molecule has 4 heteroatoms. The number of aryl methyl sites for hydroxylation is 1. The molecule has 2 amide bonds. The SMILES string of the molecule is CONC(=O)N(C)c1ccc(C)cc1. The van der Waals surface area contributed by atoms with Gasteiger partial charge >= 0.3 is 6.03 Å². The number of carbonyl (C=O) groups is 1. The third-order valence-corrected chi connectivity index (χ3v) is 1.92. The van der Waals surface area contributed by atoms with E-state index in [4.69, 9.17) is 0 Å². The van der Waals surface area contributed by atoms with Gasteiger partial charge < -0.3 is 0 Å². The molecule has 0 atom stereocenters. The van der Waals surface area contributed by atoms with Crippen LogP contribution in [0.4, 0.5) is 10.5 Å². The zero-order chi connectivity index (χ0) is 10.6. The van der Waals surface area contributed by atoms with Crippen LogP contribution in [0.3, 0.4) is 0 Å². The fourth-order valence-electron chi connectivity index (χ4n) is 1.04. The first-order valence-corrected chi connectivity index (χ1v) is 4.28. The van der Waals surface area contributed by atoms with Crippen molar-refractivity contribution in [2.45, 2.75) is 6.92 Å². The predicted molar refractivity (Wildman–Crippen MR) is 55.1 cm³/mol. The second-order valence-electron chi connectivity index (χ2n) is 3.01. The van der Waals surface area contributed by atoms with Crippen molar-refractivity contribution < 1.29 is 9.63 Å². The van der Waals surface area contributed by atoms with E-state index >= 15 is 0 Å². The second kappa shape index (κ2) is 4.62. The zero-order valence-corrected chi connectivity index (χ0v) is 8.57. The molecule has 1 aromatic rings. The highest BCUT2D eigenvalue weighted by atomic mass is 16.6. The minimum absolute atomic E-state index is 0.295. The van der Waals surface area contributed by atoms with Gasteiger partial charge in [-0.05, 0) is 19.1 Å². The van der Waals surface area contributed by atoms with Crippen molar-refractivity contribution in [3.8, 4) is 0 Å². The largest absolute Gasteiger partial charge is 0.345 e. The lowest BCUT2D eigenvalue weighted by atomic mass is 10.2. The van der Waals surface area contributed by atoms with E-state index in [1.165, 1.54) is 12.0 Å². The monoisotopic (exact) mass is 194 g/mol. The molecule has 0 bridgehead atoms. The summed E-state index contributed by atoms with van der Waals surface area (Å²) in [5.41, 5.74) is 4.23. The third kappa shape index (κ3) is 2.47. The summed E-state index contributed by atoms with van der Waals surface area (Å²) < 4.78 is 0. The lowest BCUT2D eigenvalue weighted by Crippen LogP contribution is -2.36. The first kappa shape index (κ1) is 10.5. The quantitative estimate of drug-likeness (QED) is 0.728. The molecular formula is C10H14N2O2. The molecule has 0 heterocycles. The Balaban J connectivity index is 2.73. The van der Waals surface area contributed by atoms with Gasteiger partial charge in [0.15, 0.2) is 0 Å². The van der Waals surface area contributed by atoms with Gasteiger partial charge in [-0.1, -0.05) is 17.7 Å². The summed E-state index contributed by atoms with van der Waals surface area (Å²) in [6.07, 6.45) is 0. The highest BCUT2D eigenvalue weighted by molar-refractivity contribution is 5.90. The number of carbonyl (C=O) groups excluding carboxylic acids is 1. The first-order chi connectivity index (χ1) is 6.65. The van der Waals surface area contributed by atoms with Crippen molar-refractivity contribution in [2.75, 3.05) is 19.1 Å². The smallest absolute Gasteiger partial charge is 0.296 e. The molecule has 0 aliphatic carbocycles. The molecule has 0 saturated carbocycles. The molecule has 1 rings (SSSR count). The van der Waals surface area contributed by atoms with Gasteiger partial charge in [0, 0.05) is 12.7 Å². The summed E-state index contributed by atoms with van der Waals surface area (Å²) in [6.45, 7) is 2.00. The topological polar surface area (TPSA) is 41.6 Å². The minimum Gasteiger partial charge on any atom is -0.296 e. The van der Waals surface area contributed by atoms with Gasteiger partial charge in [-0.3, -0.25) is 9.74 Å². The molecule has 4 nitrogen and oxygen atoms in total. The number of rotatable bonds is 2. The molecule has 0 saturated heterocycles. The maximum Gasteiger partial charge on any atom is 0.345 e. The fourth-order valence-corrected chi connectivity index (χ4v) is 1.04. The van der Waals surface area contributed by atoms with Gasteiger partial charge in [0.25, 0.3) is 0 Å². The standard InChI is InChI=1S/C10H14N2O2/c1-8-4-6-9(7-5-8)12(2)10(13)11-14-3/h4-7H,1-3H3,(H,11,13). The van der Waals surface area contributed by atoms with Gasteiger partial charge in [0.1, 0.15) is 0 Å². The van der Waals surface area contributed by atoms with Gasteiger partial charge in [0.2, 0.25) is 0 Å². The highest BCUT2D eigenvalue weighted by Gasteiger charge is 2.08. The summed E-state index contributed by atoms with van der Waals surface area (Å²) in [6, 6.07) is 7.36. The van der Waals surface area contributed by atoms with Crippen LogP contribution in [0.5, 0.6) is 0 Å². The highest BCUT2D eigenvalue weighted by Crippen LogP contribution is 2.12. The molecule has 0 aliphatic heterocycles. The lowest BCUT2D eigenvalue weighted by Gasteiger charge is -2.16. The van der Waals surface area contributed by atoms with Crippen molar-refractivity contribution >= 4 is 11.7 Å². The molecule has 1 aromatic carbocycles. The van der Waals surface area contributed by atoms with Gasteiger partial charge in [-0.25, -0.2) is 10.3 Å². The number of benzene rings is 1. The average molecular weight is 194 g/mol. The molecule has 76 valence electrons. The Morgan fingerprint density at radius 3 is 2.43 bits per heavy atom. The molecule has 0 fully saturated rings.